The number of para-hydroxylation sites is 1. The first-order valence-electron chi connectivity index (χ1n) is 5.02. The van der Waals surface area contributed by atoms with E-state index in [0.29, 0.717) is 11.3 Å². The number of hydrogen-bond donors (Lipinski definition) is 1. The van der Waals surface area contributed by atoms with Crippen molar-refractivity contribution in [2.75, 3.05) is 0 Å². The van der Waals surface area contributed by atoms with Crippen LogP contribution in [0.15, 0.2) is 42.5 Å². The average Bonchev–Trinajstić information content (AvgIpc) is 2.34. The van der Waals surface area contributed by atoms with Crippen LogP contribution in [0.2, 0.25) is 0 Å². The summed E-state index contributed by atoms with van der Waals surface area (Å²) in [6.45, 7) is -0.181. The molecule has 2 nitrogen and oxygen atoms in total. The third-order valence-electron chi connectivity index (χ3n) is 2.26. The Labute approximate surface area is 97.1 Å². The molecule has 0 saturated carbocycles. The van der Waals surface area contributed by atoms with Crippen LogP contribution in [0.5, 0.6) is 11.5 Å². The number of rotatable bonds is 3. The van der Waals surface area contributed by atoms with Gasteiger partial charge in [0, 0.05) is 11.6 Å². The van der Waals surface area contributed by atoms with Gasteiger partial charge in [-0.15, -0.1) is 0 Å². The summed E-state index contributed by atoms with van der Waals surface area (Å²) in [6, 6.07) is 10.1. The zero-order valence-corrected chi connectivity index (χ0v) is 8.86. The van der Waals surface area contributed by atoms with Crippen molar-refractivity contribution in [1.29, 1.82) is 0 Å². The van der Waals surface area contributed by atoms with E-state index in [0.717, 1.165) is 12.1 Å². The van der Waals surface area contributed by atoms with E-state index in [4.69, 9.17) is 9.84 Å². The van der Waals surface area contributed by atoms with E-state index in [-0.39, 0.29) is 12.4 Å². The van der Waals surface area contributed by atoms with Gasteiger partial charge in [-0.25, -0.2) is 8.78 Å². The number of halogens is 2. The minimum Gasteiger partial charge on any atom is -0.457 e. The van der Waals surface area contributed by atoms with E-state index in [1.807, 2.05) is 0 Å². The fourth-order valence-electron chi connectivity index (χ4n) is 1.40. The summed E-state index contributed by atoms with van der Waals surface area (Å²) in [5, 5.41) is 9.08. The maximum Gasteiger partial charge on any atom is 0.162 e. The van der Waals surface area contributed by atoms with Gasteiger partial charge < -0.3 is 9.84 Å². The van der Waals surface area contributed by atoms with Crippen LogP contribution in [0.1, 0.15) is 5.56 Å². The van der Waals surface area contributed by atoms with Crippen LogP contribution >= 0.6 is 0 Å². The highest BCUT2D eigenvalue weighted by Gasteiger charge is 2.06. The number of benzene rings is 2. The monoisotopic (exact) mass is 236 g/mol. The molecule has 0 bridgehead atoms. The highest BCUT2D eigenvalue weighted by molar-refractivity contribution is 5.37. The quantitative estimate of drug-likeness (QED) is 0.886. The van der Waals surface area contributed by atoms with Crippen LogP contribution in [0, 0.1) is 11.6 Å². The fraction of sp³-hybridized carbons (Fsp3) is 0.0769. The summed E-state index contributed by atoms with van der Waals surface area (Å²) in [7, 11) is 0. The molecule has 2 aromatic rings. The second kappa shape index (κ2) is 4.93. The zero-order chi connectivity index (χ0) is 12.3. The maximum atomic E-state index is 13.0. The average molecular weight is 236 g/mol. The van der Waals surface area contributed by atoms with Gasteiger partial charge in [0.25, 0.3) is 0 Å². The zero-order valence-electron chi connectivity index (χ0n) is 8.86. The molecule has 4 heteroatoms. The first-order chi connectivity index (χ1) is 8.20. The molecule has 2 rings (SSSR count). The van der Waals surface area contributed by atoms with E-state index in [1.54, 1.807) is 24.3 Å². The molecule has 0 saturated heterocycles. The largest absolute Gasteiger partial charge is 0.457 e. The minimum atomic E-state index is -0.969. The summed E-state index contributed by atoms with van der Waals surface area (Å²) in [5.41, 5.74) is 0.581. The molecule has 88 valence electrons. The topological polar surface area (TPSA) is 29.5 Å². The van der Waals surface area contributed by atoms with E-state index >= 15 is 0 Å². The second-order valence-electron chi connectivity index (χ2n) is 3.44. The summed E-state index contributed by atoms with van der Waals surface area (Å²) in [6.07, 6.45) is 0. The lowest BCUT2D eigenvalue weighted by atomic mass is 10.2. The molecular weight excluding hydrogens is 226 g/mol. The van der Waals surface area contributed by atoms with Crippen molar-refractivity contribution in [3.8, 4) is 11.5 Å². The molecule has 17 heavy (non-hydrogen) atoms. The summed E-state index contributed by atoms with van der Waals surface area (Å²) in [5.74, 6) is -1.29. The Morgan fingerprint density at radius 1 is 1.00 bits per heavy atom. The Morgan fingerprint density at radius 2 is 1.76 bits per heavy atom. The van der Waals surface area contributed by atoms with Gasteiger partial charge in [-0.05, 0) is 18.2 Å². The van der Waals surface area contributed by atoms with Crippen molar-refractivity contribution in [2.45, 2.75) is 6.61 Å². The summed E-state index contributed by atoms with van der Waals surface area (Å²) in [4.78, 5) is 0. The Morgan fingerprint density at radius 3 is 2.47 bits per heavy atom. The lowest BCUT2D eigenvalue weighted by molar-refractivity contribution is 0.276. The van der Waals surface area contributed by atoms with Crippen molar-refractivity contribution in [2.24, 2.45) is 0 Å². The van der Waals surface area contributed by atoms with Crippen molar-refractivity contribution < 1.29 is 18.6 Å². The van der Waals surface area contributed by atoms with Gasteiger partial charge in [0.15, 0.2) is 11.6 Å². The third kappa shape index (κ3) is 2.60. The Kier molecular flexibility index (Phi) is 3.35. The van der Waals surface area contributed by atoms with Crippen molar-refractivity contribution in [1.82, 2.24) is 0 Å². The van der Waals surface area contributed by atoms with Gasteiger partial charge in [-0.1, -0.05) is 18.2 Å². The highest BCUT2D eigenvalue weighted by Crippen LogP contribution is 2.26. The van der Waals surface area contributed by atoms with Crippen LogP contribution in [0.3, 0.4) is 0 Å². The molecule has 0 spiro atoms. The summed E-state index contributed by atoms with van der Waals surface area (Å²) >= 11 is 0. The standard InChI is InChI=1S/C13H10F2O2/c14-11-6-5-10(7-12(11)15)17-13-4-2-1-3-9(13)8-16/h1-7,16H,8H2. The van der Waals surface area contributed by atoms with E-state index in [9.17, 15) is 8.78 Å². The van der Waals surface area contributed by atoms with Crippen molar-refractivity contribution in [3.63, 3.8) is 0 Å². The third-order valence-corrected chi connectivity index (χ3v) is 2.26. The lowest BCUT2D eigenvalue weighted by Gasteiger charge is -2.09. The first-order valence-corrected chi connectivity index (χ1v) is 5.02. The molecule has 0 heterocycles. The number of aliphatic hydroxyl groups is 1. The molecular formula is C13H10F2O2. The predicted octanol–water partition coefficient (Wildman–Crippen LogP) is 3.25. The van der Waals surface area contributed by atoms with Crippen molar-refractivity contribution in [3.05, 3.63) is 59.7 Å². The van der Waals surface area contributed by atoms with Crippen LogP contribution in [0.4, 0.5) is 8.78 Å². The smallest absolute Gasteiger partial charge is 0.162 e. The van der Waals surface area contributed by atoms with E-state index in [1.165, 1.54) is 6.07 Å². The van der Waals surface area contributed by atoms with Crippen molar-refractivity contribution >= 4 is 0 Å². The normalized spacial score (nSPS) is 10.3. The molecule has 2 aromatic carbocycles. The van der Waals surface area contributed by atoms with Crippen LogP contribution < -0.4 is 4.74 Å². The molecule has 0 aliphatic carbocycles. The van der Waals surface area contributed by atoms with Gasteiger partial charge >= 0.3 is 0 Å². The number of aliphatic hydroxyl groups excluding tert-OH is 1. The Bertz CT molecular complexity index is 527. The Balaban J connectivity index is 2.28. The highest BCUT2D eigenvalue weighted by atomic mass is 19.2. The van der Waals surface area contributed by atoms with Crippen LogP contribution in [0.25, 0.3) is 0 Å². The Hall–Kier alpha value is -1.94. The lowest BCUT2D eigenvalue weighted by Crippen LogP contribution is -1.92. The number of hydrogen-bond acceptors (Lipinski definition) is 2. The van der Waals surface area contributed by atoms with Gasteiger partial charge in [0.05, 0.1) is 6.61 Å². The van der Waals surface area contributed by atoms with Gasteiger partial charge in [-0.3, -0.25) is 0 Å². The van der Waals surface area contributed by atoms with Gasteiger partial charge in [0.1, 0.15) is 11.5 Å². The minimum absolute atomic E-state index is 0.181. The molecule has 0 aliphatic rings. The molecule has 1 N–H and O–H groups in total. The van der Waals surface area contributed by atoms with Crippen LogP contribution in [-0.2, 0) is 6.61 Å². The summed E-state index contributed by atoms with van der Waals surface area (Å²) < 4.78 is 31.0. The number of ether oxygens (including phenoxy) is 1. The molecule has 0 fully saturated rings. The SMILES string of the molecule is OCc1ccccc1Oc1ccc(F)c(F)c1. The fourth-order valence-corrected chi connectivity index (χ4v) is 1.40. The van der Waals surface area contributed by atoms with E-state index < -0.39 is 11.6 Å². The molecule has 0 unspecified atom stereocenters. The van der Waals surface area contributed by atoms with Crippen LogP contribution in [-0.4, -0.2) is 5.11 Å². The maximum absolute atomic E-state index is 13.0. The molecule has 0 amide bonds. The van der Waals surface area contributed by atoms with Gasteiger partial charge in [0.2, 0.25) is 0 Å². The predicted molar refractivity (Wildman–Crippen MR) is 58.8 cm³/mol. The molecule has 0 aliphatic heterocycles. The second-order valence-corrected chi connectivity index (χ2v) is 3.44. The molecule has 0 aromatic heterocycles. The van der Waals surface area contributed by atoms with E-state index in [2.05, 4.69) is 0 Å². The molecule has 0 atom stereocenters. The van der Waals surface area contributed by atoms with Gasteiger partial charge in [-0.2, -0.15) is 0 Å². The molecule has 0 radical (unpaired) electrons. The first kappa shape index (κ1) is 11.5.